The van der Waals surface area contributed by atoms with Crippen LogP contribution in [0.4, 0.5) is 0 Å². The Balaban J connectivity index is 2.95. The lowest BCUT2D eigenvalue weighted by molar-refractivity contribution is -0.137. The Morgan fingerprint density at radius 2 is 1.95 bits per heavy atom. The number of amides is 1. The second-order valence-electron chi connectivity index (χ2n) is 4.35. The molecule has 0 radical (unpaired) electrons. The van der Waals surface area contributed by atoms with Gasteiger partial charge >= 0.3 is 0 Å². The molecule has 1 rings (SSSR count). The largest absolute Gasteiger partial charge is 0.479 e. The van der Waals surface area contributed by atoms with Crippen molar-refractivity contribution >= 4 is 29.1 Å². The van der Waals surface area contributed by atoms with Crippen LogP contribution in [-0.2, 0) is 11.3 Å². The molecule has 2 N–H and O–H groups in total. The smallest absolute Gasteiger partial charge is 0.263 e. The van der Waals surface area contributed by atoms with Gasteiger partial charge in [0.1, 0.15) is 5.75 Å². The number of carbonyl (C=O) groups is 1. The van der Waals surface area contributed by atoms with E-state index in [0.29, 0.717) is 34.4 Å². The highest BCUT2D eigenvalue weighted by Gasteiger charge is 2.22. The van der Waals surface area contributed by atoms with E-state index in [-0.39, 0.29) is 12.5 Å². The zero-order valence-corrected chi connectivity index (χ0v) is 13.5. The molecule has 1 unspecified atom stereocenters. The van der Waals surface area contributed by atoms with Gasteiger partial charge in [0, 0.05) is 30.2 Å². The number of ether oxygens (including phenoxy) is 1. The van der Waals surface area contributed by atoms with Gasteiger partial charge in [-0.1, -0.05) is 23.2 Å². The molecule has 20 heavy (non-hydrogen) atoms. The summed E-state index contributed by atoms with van der Waals surface area (Å²) < 4.78 is 5.71. The van der Waals surface area contributed by atoms with Gasteiger partial charge in [-0.25, -0.2) is 0 Å². The lowest BCUT2D eigenvalue weighted by Crippen LogP contribution is -2.40. The molecular formula is C14H20Cl2N2O2. The van der Waals surface area contributed by atoms with E-state index >= 15 is 0 Å². The van der Waals surface area contributed by atoms with E-state index in [0.717, 1.165) is 0 Å². The third-order valence-corrected chi connectivity index (χ3v) is 3.52. The fourth-order valence-electron chi connectivity index (χ4n) is 1.92. The standard InChI is InChI=1S/C14H20Cl2N2O2/c1-4-18(5-2)14(19)9(3)20-13-10(8-17)6-11(15)7-12(13)16/h6-7,9H,4-5,8,17H2,1-3H3. The van der Waals surface area contributed by atoms with Crippen LogP contribution in [0.3, 0.4) is 0 Å². The molecular weight excluding hydrogens is 299 g/mol. The van der Waals surface area contributed by atoms with Gasteiger partial charge in [-0.15, -0.1) is 0 Å². The minimum atomic E-state index is -0.626. The van der Waals surface area contributed by atoms with Crippen LogP contribution in [0.15, 0.2) is 12.1 Å². The normalized spacial score (nSPS) is 12.1. The number of halogens is 2. The average Bonchev–Trinajstić information content (AvgIpc) is 2.42. The monoisotopic (exact) mass is 318 g/mol. The second kappa shape index (κ2) is 7.72. The fraction of sp³-hybridized carbons (Fsp3) is 0.500. The van der Waals surface area contributed by atoms with Crippen LogP contribution in [0.1, 0.15) is 26.3 Å². The number of carbonyl (C=O) groups excluding carboxylic acids is 1. The van der Waals surface area contributed by atoms with E-state index in [1.54, 1.807) is 24.0 Å². The van der Waals surface area contributed by atoms with Gasteiger partial charge in [0.2, 0.25) is 0 Å². The zero-order chi connectivity index (χ0) is 15.3. The highest BCUT2D eigenvalue weighted by Crippen LogP contribution is 2.33. The van der Waals surface area contributed by atoms with Crippen molar-refractivity contribution in [1.82, 2.24) is 4.90 Å². The Kier molecular flexibility index (Phi) is 6.59. The summed E-state index contributed by atoms with van der Waals surface area (Å²) in [5.41, 5.74) is 6.34. The maximum Gasteiger partial charge on any atom is 0.263 e. The van der Waals surface area contributed by atoms with Crippen molar-refractivity contribution in [3.05, 3.63) is 27.7 Å². The number of nitrogens with zero attached hydrogens (tertiary/aromatic N) is 1. The lowest BCUT2D eigenvalue weighted by atomic mass is 10.2. The number of likely N-dealkylation sites (N-methyl/N-ethyl adjacent to an activating group) is 1. The summed E-state index contributed by atoms with van der Waals surface area (Å²) in [7, 11) is 0. The molecule has 0 bridgehead atoms. The van der Waals surface area contributed by atoms with Gasteiger partial charge in [0.25, 0.3) is 5.91 Å². The molecule has 0 spiro atoms. The molecule has 112 valence electrons. The van der Waals surface area contributed by atoms with Gasteiger partial charge < -0.3 is 15.4 Å². The van der Waals surface area contributed by atoms with Crippen LogP contribution in [0.25, 0.3) is 0 Å². The van der Waals surface area contributed by atoms with Crippen LogP contribution >= 0.6 is 23.2 Å². The van der Waals surface area contributed by atoms with Crippen LogP contribution < -0.4 is 10.5 Å². The molecule has 4 nitrogen and oxygen atoms in total. The van der Waals surface area contributed by atoms with Crippen LogP contribution in [-0.4, -0.2) is 30.0 Å². The van der Waals surface area contributed by atoms with Crippen LogP contribution in [0.2, 0.25) is 10.0 Å². The molecule has 1 aromatic rings. The highest BCUT2D eigenvalue weighted by molar-refractivity contribution is 6.35. The summed E-state index contributed by atoms with van der Waals surface area (Å²) >= 11 is 12.0. The van der Waals surface area contributed by atoms with Crippen molar-refractivity contribution in [2.45, 2.75) is 33.4 Å². The van der Waals surface area contributed by atoms with Gasteiger partial charge in [-0.3, -0.25) is 4.79 Å². The molecule has 0 heterocycles. The number of nitrogens with two attached hydrogens (primary N) is 1. The second-order valence-corrected chi connectivity index (χ2v) is 5.19. The van der Waals surface area contributed by atoms with Gasteiger partial charge in [0.15, 0.2) is 6.10 Å². The summed E-state index contributed by atoms with van der Waals surface area (Å²) in [6.45, 7) is 7.07. The Morgan fingerprint density at radius 3 is 2.45 bits per heavy atom. The first-order valence-electron chi connectivity index (χ1n) is 6.57. The average molecular weight is 319 g/mol. The summed E-state index contributed by atoms with van der Waals surface area (Å²) in [6.07, 6.45) is -0.626. The molecule has 0 aliphatic heterocycles. The topological polar surface area (TPSA) is 55.6 Å². The van der Waals surface area contributed by atoms with Gasteiger partial charge in [-0.2, -0.15) is 0 Å². The summed E-state index contributed by atoms with van der Waals surface area (Å²) in [5.74, 6) is 0.343. The quantitative estimate of drug-likeness (QED) is 0.876. The fourth-order valence-corrected chi connectivity index (χ4v) is 2.50. The van der Waals surface area contributed by atoms with E-state index < -0.39 is 6.10 Å². The van der Waals surface area contributed by atoms with E-state index in [9.17, 15) is 4.79 Å². The molecule has 6 heteroatoms. The molecule has 0 fully saturated rings. The SMILES string of the molecule is CCN(CC)C(=O)C(C)Oc1c(Cl)cc(Cl)cc1CN. The molecule has 0 saturated carbocycles. The number of hydrogen-bond acceptors (Lipinski definition) is 3. The molecule has 1 amide bonds. The van der Waals surface area contributed by atoms with Crippen molar-refractivity contribution in [2.75, 3.05) is 13.1 Å². The highest BCUT2D eigenvalue weighted by atomic mass is 35.5. The van der Waals surface area contributed by atoms with Crippen molar-refractivity contribution in [3.63, 3.8) is 0 Å². The molecule has 0 aliphatic carbocycles. The molecule has 1 aromatic carbocycles. The van der Waals surface area contributed by atoms with Crippen molar-refractivity contribution in [1.29, 1.82) is 0 Å². The maximum absolute atomic E-state index is 12.2. The number of hydrogen-bond donors (Lipinski definition) is 1. The number of rotatable bonds is 6. The van der Waals surface area contributed by atoms with E-state index in [2.05, 4.69) is 0 Å². The third kappa shape index (κ3) is 4.01. The Morgan fingerprint density at radius 1 is 1.35 bits per heavy atom. The van der Waals surface area contributed by atoms with Crippen LogP contribution in [0, 0.1) is 0 Å². The van der Waals surface area contributed by atoms with Crippen molar-refractivity contribution in [3.8, 4) is 5.75 Å². The van der Waals surface area contributed by atoms with Crippen molar-refractivity contribution in [2.24, 2.45) is 5.73 Å². The van der Waals surface area contributed by atoms with E-state index in [4.69, 9.17) is 33.7 Å². The Labute approximate surface area is 129 Å². The third-order valence-electron chi connectivity index (χ3n) is 3.02. The van der Waals surface area contributed by atoms with Crippen LogP contribution in [0.5, 0.6) is 5.75 Å². The molecule has 0 saturated heterocycles. The van der Waals surface area contributed by atoms with Gasteiger partial charge in [-0.05, 0) is 32.9 Å². The summed E-state index contributed by atoms with van der Waals surface area (Å²) in [6, 6.07) is 3.27. The molecule has 0 aliphatic rings. The van der Waals surface area contributed by atoms with Gasteiger partial charge in [0.05, 0.1) is 5.02 Å². The predicted octanol–water partition coefficient (Wildman–Crippen LogP) is 3.09. The predicted molar refractivity (Wildman–Crippen MR) is 82.4 cm³/mol. The number of benzene rings is 1. The first-order valence-corrected chi connectivity index (χ1v) is 7.33. The van der Waals surface area contributed by atoms with E-state index in [1.807, 2.05) is 13.8 Å². The molecule has 0 aromatic heterocycles. The maximum atomic E-state index is 12.2. The minimum absolute atomic E-state index is 0.0796. The van der Waals surface area contributed by atoms with Crippen molar-refractivity contribution < 1.29 is 9.53 Å². The minimum Gasteiger partial charge on any atom is -0.479 e. The lowest BCUT2D eigenvalue weighted by Gasteiger charge is -2.24. The summed E-state index contributed by atoms with van der Waals surface area (Å²) in [5, 5.41) is 0.850. The first-order chi connectivity index (χ1) is 9.44. The Hall–Kier alpha value is -0.970. The van der Waals surface area contributed by atoms with E-state index in [1.165, 1.54) is 0 Å². The Bertz CT molecular complexity index is 476. The molecule has 1 atom stereocenters. The zero-order valence-electron chi connectivity index (χ0n) is 12.0. The summed E-state index contributed by atoms with van der Waals surface area (Å²) in [4.78, 5) is 13.9. The first kappa shape index (κ1) is 17.1.